The lowest BCUT2D eigenvalue weighted by Crippen LogP contribution is -2.43. The fourth-order valence-corrected chi connectivity index (χ4v) is 5.67. The normalized spacial score (nSPS) is 17.3. The maximum absolute atomic E-state index is 12.5. The predicted molar refractivity (Wildman–Crippen MR) is 113 cm³/mol. The molecule has 0 spiro atoms. The van der Waals surface area contributed by atoms with E-state index in [0.717, 1.165) is 0 Å². The van der Waals surface area contributed by atoms with Crippen molar-refractivity contribution in [2.24, 2.45) is 0 Å². The Morgan fingerprint density at radius 1 is 1.23 bits per heavy atom. The average molecular weight is 451 g/mol. The van der Waals surface area contributed by atoms with Gasteiger partial charge in [0.25, 0.3) is 11.8 Å². The maximum atomic E-state index is 12.5. The van der Waals surface area contributed by atoms with Crippen molar-refractivity contribution in [3.05, 3.63) is 52.2 Å². The van der Waals surface area contributed by atoms with Crippen LogP contribution in [0.1, 0.15) is 34.1 Å². The number of para-hydroxylation sites is 1. The lowest BCUT2D eigenvalue weighted by molar-refractivity contribution is -0.136. The van der Waals surface area contributed by atoms with Crippen LogP contribution in [0.2, 0.25) is 0 Å². The van der Waals surface area contributed by atoms with Crippen molar-refractivity contribution in [2.45, 2.75) is 19.4 Å². The summed E-state index contributed by atoms with van der Waals surface area (Å²) in [6.45, 7) is 1.57. The summed E-state index contributed by atoms with van der Waals surface area (Å²) in [5.74, 6) is -1.57. The molecule has 3 rings (SSSR count). The zero-order chi connectivity index (χ0) is 21.7. The molecule has 1 aromatic carbocycles. The predicted octanol–water partition coefficient (Wildman–Crippen LogP) is 2.19. The minimum absolute atomic E-state index is 0.0540. The summed E-state index contributed by atoms with van der Waals surface area (Å²) in [6, 6.07) is 7.64. The molecular weight excluding hydrogens is 428 g/mol. The first-order valence-corrected chi connectivity index (χ1v) is 12.2. The van der Waals surface area contributed by atoms with Crippen LogP contribution >= 0.6 is 11.3 Å². The zero-order valence-electron chi connectivity index (χ0n) is 16.4. The van der Waals surface area contributed by atoms with E-state index in [9.17, 15) is 22.8 Å². The molecule has 160 valence electrons. The van der Waals surface area contributed by atoms with Crippen molar-refractivity contribution in [1.29, 1.82) is 0 Å². The van der Waals surface area contributed by atoms with Gasteiger partial charge in [0.05, 0.1) is 28.3 Å². The highest BCUT2D eigenvalue weighted by Crippen LogP contribution is 2.20. The van der Waals surface area contributed by atoms with Crippen LogP contribution in [0.4, 0.5) is 5.69 Å². The molecule has 1 N–H and O–H groups in total. The van der Waals surface area contributed by atoms with E-state index in [4.69, 9.17) is 4.74 Å². The van der Waals surface area contributed by atoms with Crippen LogP contribution in [0.15, 0.2) is 41.1 Å². The number of hydrogen-bond donors (Lipinski definition) is 1. The molecule has 0 radical (unpaired) electrons. The van der Waals surface area contributed by atoms with Crippen LogP contribution in [0.25, 0.3) is 0 Å². The van der Waals surface area contributed by atoms with Gasteiger partial charge in [-0.3, -0.25) is 9.59 Å². The molecule has 1 aliphatic rings. The van der Waals surface area contributed by atoms with E-state index in [0.29, 0.717) is 18.5 Å². The number of benzene rings is 1. The van der Waals surface area contributed by atoms with Crippen LogP contribution < -0.4 is 5.32 Å². The van der Waals surface area contributed by atoms with Gasteiger partial charge in [0.15, 0.2) is 16.4 Å². The van der Waals surface area contributed by atoms with E-state index in [-0.39, 0.29) is 28.7 Å². The molecule has 2 amide bonds. The Morgan fingerprint density at radius 2 is 2.00 bits per heavy atom. The number of sulfone groups is 1. The second-order valence-electron chi connectivity index (χ2n) is 6.82. The Balaban J connectivity index is 1.63. The number of esters is 1. The van der Waals surface area contributed by atoms with E-state index >= 15 is 0 Å². The standard InChI is InChI=1S/C20H22N2O6S2/c1-2-22(15-8-10-30(26,27)13-15)18(23)11-28-20(25)16-5-3-4-6-17(16)21-19(24)14-7-9-29-12-14/h3-7,9,12,15H,2,8,10-11,13H2,1H3,(H,21,24)/t15-/m0/s1. The van der Waals surface area contributed by atoms with Crippen molar-refractivity contribution in [1.82, 2.24) is 4.90 Å². The zero-order valence-corrected chi connectivity index (χ0v) is 18.0. The monoisotopic (exact) mass is 450 g/mol. The fourth-order valence-electron chi connectivity index (χ4n) is 3.31. The number of likely N-dealkylation sites (N-methyl/N-ethyl adjacent to an activating group) is 1. The number of nitrogens with one attached hydrogen (secondary N) is 1. The third-order valence-electron chi connectivity index (χ3n) is 4.82. The highest BCUT2D eigenvalue weighted by molar-refractivity contribution is 7.91. The number of ether oxygens (including phenoxy) is 1. The second kappa shape index (κ2) is 9.40. The van der Waals surface area contributed by atoms with Crippen LogP contribution in [-0.2, 0) is 19.4 Å². The van der Waals surface area contributed by atoms with Crippen molar-refractivity contribution in [3.8, 4) is 0 Å². The summed E-state index contributed by atoms with van der Waals surface area (Å²) in [6.07, 6.45) is 0.382. The number of carbonyl (C=O) groups is 3. The van der Waals surface area contributed by atoms with Gasteiger partial charge in [-0.05, 0) is 36.9 Å². The minimum atomic E-state index is -3.14. The van der Waals surface area contributed by atoms with Crippen LogP contribution in [0, 0.1) is 0 Å². The smallest absolute Gasteiger partial charge is 0.340 e. The average Bonchev–Trinajstić information content (AvgIpc) is 3.37. The van der Waals surface area contributed by atoms with Crippen molar-refractivity contribution in [2.75, 3.05) is 30.0 Å². The van der Waals surface area contributed by atoms with Crippen molar-refractivity contribution < 1.29 is 27.5 Å². The number of hydrogen-bond acceptors (Lipinski definition) is 7. The van der Waals surface area contributed by atoms with Crippen LogP contribution in [-0.4, -0.2) is 61.8 Å². The highest BCUT2D eigenvalue weighted by Gasteiger charge is 2.34. The summed E-state index contributed by atoms with van der Waals surface area (Å²) in [5, 5.41) is 6.14. The molecule has 0 saturated carbocycles. The Morgan fingerprint density at radius 3 is 2.63 bits per heavy atom. The Labute approximate surface area is 178 Å². The van der Waals surface area contributed by atoms with Gasteiger partial charge in [0, 0.05) is 18.0 Å². The molecule has 2 heterocycles. The Bertz CT molecular complexity index is 1030. The molecule has 0 unspecified atom stereocenters. The first-order chi connectivity index (χ1) is 14.3. The number of anilines is 1. The van der Waals surface area contributed by atoms with Gasteiger partial charge in [0.1, 0.15) is 0 Å². The van der Waals surface area contributed by atoms with Gasteiger partial charge < -0.3 is 15.0 Å². The number of thiophene rings is 1. The van der Waals surface area contributed by atoms with E-state index in [1.807, 2.05) is 0 Å². The molecule has 1 aliphatic heterocycles. The first kappa shape index (κ1) is 22.0. The number of amides is 2. The van der Waals surface area contributed by atoms with E-state index in [1.165, 1.54) is 22.3 Å². The minimum Gasteiger partial charge on any atom is -0.452 e. The summed E-state index contributed by atoms with van der Waals surface area (Å²) < 4.78 is 28.5. The molecular formula is C20H22N2O6S2. The quantitative estimate of drug-likeness (QED) is 0.648. The second-order valence-corrected chi connectivity index (χ2v) is 9.83. The third kappa shape index (κ3) is 5.25. The van der Waals surface area contributed by atoms with Crippen LogP contribution in [0.3, 0.4) is 0 Å². The molecule has 0 aliphatic carbocycles. The first-order valence-electron chi connectivity index (χ1n) is 9.40. The number of carbonyl (C=O) groups excluding carboxylic acids is 3. The highest BCUT2D eigenvalue weighted by atomic mass is 32.2. The van der Waals surface area contributed by atoms with Gasteiger partial charge in [-0.25, -0.2) is 13.2 Å². The Kier molecular flexibility index (Phi) is 6.88. The van der Waals surface area contributed by atoms with E-state index in [1.54, 1.807) is 41.9 Å². The molecule has 1 aromatic heterocycles. The van der Waals surface area contributed by atoms with Crippen LogP contribution in [0.5, 0.6) is 0 Å². The van der Waals surface area contributed by atoms with E-state index in [2.05, 4.69) is 5.32 Å². The summed E-state index contributed by atoms with van der Waals surface area (Å²) >= 11 is 1.38. The number of rotatable bonds is 7. The van der Waals surface area contributed by atoms with Gasteiger partial charge in [-0.1, -0.05) is 12.1 Å². The molecule has 2 aromatic rings. The van der Waals surface area contributed by atoms with Crippen molar-refractivity contribution >= 4 is 44.6 Å². The summed E-state index contributed by atoms with van der Waals surface area (Å²) in [7, 11) is -3.14. The molecule has 8 nitrogen and oxygen atoms in total. The SMILES string of the molecule is CCN(C(=O)COC(=O)c1ccccc1NC(=O)c1ccsc1)[C@H]1CCS(=O)(=O)C1. The van der Waals surface area contributed by atoms with Gasteiger partial charge >= 0.3 is 5.97 Å². The van der Waals surface area contributed by atoms with Gasteiger partial charge in [0.2, 0.25) is 0 Å². The largest absolute Gasteiger partial charge is 0.452 e. The van der Waals surface area contributed by atoms with Gasteiger partial charge in [-0.2, -0.15) is 11.3 Å². The van der Waals surface area contributed by atoms with E-state index < -0.39 is 34.4 Å². The molecule has 1 fully saturated rings. The lowest BCUT2D eigenvalue weighted by atomic mass is 10.1. The molecule has 30 heavy (non-hydrogen) atoms. The lowest BCUT2D eigenvalue weighted by Gasteiger charge is -2.26. The molecule has 1 atom stereocenters. The summed E-state index contributed by atoms with van der Waals surface area (Å²) in [4.78, 5) is 38.8. The molecule has 1 saturated heterocycles. The topological polar surface area (TPSA) is 110 Å². The summed E-state index contributed by atoms with van der Waals surface area (Å²) in [5.41, 5.74) is 0.879. The van der Waals surface area contributed by atoms with Gasteiger partial charge in [-0.15, -0.1) is 0 Å². The maximum Gasteiger partial charge on any atom is 0.340 e. The third-order valence-corrected chi connectivity index (χ3v) is 7.25. The molecule has 10 heteroatoms. The number of nitrogens with zero attached hydrogens (tertiary/aromatic N) is 1. The Hall–Kier alpha value is -2.72. The molecule has 0 bridgehead atoms. The fraction of sp³-hybridized carbons (Fsp3) is 0.350. The van der Waals surface area contributed by atoms with Crippen molar-refractivity contribution in [3.63, 3.8) is 0 Å².